The standard InChI is InChI=1S/C18H17BrN2O/c1-12(14-8-5-9-15(19)10-14)20-21-18(22)17-11-16(17)13-6-3-2-4-7-13/h2-10,16-17H,11H2,1H3,(H,21,22)/b20-12+/t16-,17+/m0/s1. The average molecular weight is 357 g/mol. The molecule has 0 aromatic heterocycles. The number of nitrogens with one attached hydrogen (secondary N) is 1. The Bertz CT molecular complexity index is 712. The van der Waals surface area contributed by atoms with Crippen LogP contribution in [-0.2, 0) is 4.79 Å². The second-order valence-corrected chi connectivity index (χ2v) is 6.46. The summed E-state index contributed by atoms with van der Waals surface area (Å²) >= 11 is 3.44. The van der Waals surface area contributed by atoms with Gasteiger partial charge in [0.25, 0.3) is 0 Å². The lowest BCUT2D eigenvalue weighted by Gasteiger charge is -2.03. The van der Waals surface area contributed by atoms with Gasteiger partial charge >= 0.3 is 0 Å². The zero-order chi connectivity index (χ0) is 15.5. The average Bonchev–Trinajstić information content (AvgIpc) is 3.34. The molecular weight excluding hydrogens is 340 g/mol. The number of carbonyl (C=O) groups excluding carboxylic acids is 1. The van der Waals surface area contributed by atoms with E-state index in [1.807, 2.05) is 49.4 Å². The first-order valence-electron chi connectivity index (χ1n) is 7.30. The molecule has 0 radical (unpaired) electrons. The molecule has 4 heteroatoms. The molecule has 2 aromatic rings. The van der Waals surface area contributed by atoms with Gasteiger partial charge in [0.2, 0.25) is 5.91 Å². The lowest BCUT2D eigenvalue weighted by molar-refractivity contribution is -0.122. The summed E-state index contributed by atoms with van der Waals surface area (Å²) in [5.41, 5.74) is 5.72. The van der Waals surface area contributed by atoms with Crippen LogP contribution in [-0.4, -0.2) is 11.6 Å². The van der Waals surface area contributed by atoms with Gasteiger partial charge in [0.05, 0.1) is 5.71 Å². The summed E-state index contributed by atoms with van der Waals surface area (Å²) in [6.07, 6.45) is 0.904. The Kier molecular flexibility index (Phi) is 4.39. The Morgan fingerprint density at radius 1 is 1.18 bits per heavy atom. The molecule has 22 heavy (non-hydrogen) atoms. The van der Waals surface area contributed by atoms with Crippen molar-refractivity contribution in [2.24, 2.45) is 11.0 Å². The van der Waals surface area contributed by atoms with Crippen molar-refractivity contribution in [3.63, 3.8) is 0 Å². The number of amides is 1. The van der Waals surface area contributed by atoms with Crippen LogP contribution in [0.25, 0.3) is 0 Å². The van der Waals surface area contributed by atoms with Crippen molar-refractivity contribution in [3.05, 3.63) is 70.2 Å². The van der Waals surface area contributed by atoms with Crippen molar-refractivity contribution >= 4 is 27.5 Å². The quantitative estimate of drug-likeness (QED) is 0.650. The van der Waals surface area contributed by atoms with Crippen molar-refractivity contribution in [3.8, 4) is 0 Å². The van der Waals surface area contributed by atoms with Crippen LogP contribution in [0.1, 0.15) is 30.4 Å². The van der Waals surface area contributed by atoms with Crippen LogP contribution in [0.5, 0.6) is 0 Å². The summed E-state index contributed by atoms with van der Waals surface area (Å²) in [7, 11) is 0. The lowest BCUT2D eigenvalue weighted by Crippen LogP contribution is -2.21. The van der Waals surface area contributed by atoms with E-state index in [9.17, 15) is 4.79 Å². The Morgan fingerprint density at radius 3 is 2.68 bits per heavy atom. The number of benzene rings is 2. The zero-order valence-corrected chi connectivity index (χ0v) is 13.9. The molecule has 3 nitrogen and oxygen atoms in total. The van der Waals surface area contributed by atoms with E-state index in [1.165, 1.54) is 5.56 Å². The Balaban J connectivity index is 1.60. The molecule has 0 bridgehead atoms. The molecule has 0 spiro atoms. The maximum absolute atomic E-state index is 12.2. The highest BCUT2D eigenvalue weighted by atomic mass is 79.9. The smallest absolute Gasteiger partial charge is 0.243 e. The van der Waals surface area contributed by atoms with Crippen molar-refractivity contribution in [1.29, 1.82) is 0 Å². The fourth-order valence-electron chi connectivity index (χ4n) is 2.55. The molecule has 1 amide bonds. The van der Waals surface area contributed by atoms with Gasteiger partial charge in [-0.2, -0.15) is 5.10 Å². The topological polar surface area (TPSA) is 41.5 Å². The molecule has 2 atom stereocenters. The maximum Gasteiger partial charge on any atom is 0.243 e. The third kappa shape index (κ3) is 3.45. The molecule has 0 unspecified atom stereocenters. The molecule has 1 fully saturated rings. The highest BCUT2D eigenvalue weighted by Gasteiger charge is 2.43. The number of hydrazone groups is 1. The number of hydrogen-bond donors (Lipinski definition) is 1. The molecule has 0 aliphatic heterocycles. The van der Waals surface area contributed by atoms with E-state index in [0.717, 1.165) is 22.2 Å². The van der Waals surface area contributed by atoms with E-state index in [1.54, 1.807) is 0 Å². The highest BCUT2D eigenvalue weighted by molar-refractivity contribution is 9.10. The molecule has 1 aliphatic carbocycles. The Hall–Kier alpha value is -1.94. The first-order valence-corrected chi connectivity index (χ1v) is 8.09. The van der Waals surface area contributed by atoms with Gasteiger partial charge in [0, 0.05) is 10.4 Å². The number of hydrogen-bond acceptors (Lipinski definition) is 2. The van der Waals surface area contributed by atoms with E-state index in [0.29, 0.717) is 5.92 Å². The maximum atomic E-state index is 12.2. The summed E-state index contributed by atoms with van der Waals surface area (Å²) in [5.74, 6) is 0.382. The third-order valence-electron chi connectivity index (χ3n) is 3.93. The van der Waals surface area contributed by atoms with Crippen molar-refractivity contribution in [1.82, 2.24) is 5.43 Å². The highest BCUT2D eigenvalue weighted by Crippen LogP contribution is 2.47. The zero-order valence-electron chi connectivity index (χ0n) is 12.3. The monoisotopic (exact) mass is 356 g/mol. The molecule has 3 rings (SSSR count). The van der Waals surface area contributed by atoms with E-state index < -0.39 is 0 Å². The summed E-state index contributed by atoms with van der Waals surface area (Å²) in [6.45, 7) is 1.89. The Labute approximate surface area is 138 Å². The molecule has 0 heterocycles. The fourth-order valence-corrected chi connectivity index (χ4v) is 2.95. The van der Waals surface area contributed by atoms with Crippen molar-refractivity contribution < 1.29 is 4.79 Å². The van der Waals surface area contributed by atoms with Crippen LogP contribution in [0.3, 0.4) is 0 Å². The fraction of sp³-hybridized carbons (Fsp3) is 0.222. The number of halogens is 1. The van der Waals surface area contributed by atoms with E-state index >= 15 is 0 Å². The number of carbonyl (C=O) groups is 1. The first-order chi connectivity index (χ1) is 10.6. The first kappa shape index (κ1) is 15.0. The van der Waals surface area contributed by atoms with Gasteiger partial charge in [-0.1, -0.05) is 58.4 Å². The predicted molar refractivity (Wildman–Crippen MR) is 91.8 cm³/mol. The predicted octanol–water partition coefficient (Wildman–Crippen LogP) is 4.09. The van der Waals surface area contributed by atoms with Gasteiger partial charge < -0.3 is 0 Å². The van der Waals surface area contributed by atoms with Gasteiger partial charge in [-0.3, -0.25) is 4.79 Å². The largest absolute Gasteiger partial charge is 0.273 e. The summed E-state index contributed by atoms with van der Waals surface area (Å²) < 4.78 is 0.997. The second-order valence-electron chi connectivity index (χ2n) is 5.54. The summed E-state index contributed by atoms with van der Waals surface area (Å²) in [5, 5.41) is 4.22. The second kappa shape index (κ2) is 6.44. The minimum atomic E-state index is 0.00296. The van der Waals surface area contributed by atoms with E-state index in [2.05, 4.69) is 38.6 Å². The third-order valence-corrected chi connectivity index (χ3v) is 4.42. The van der Waals surface area contributed by atoms with Crippen molar-refractivity contribution in [2.75, 3.05) is 0 Å². The van der Waals surface area contributed by atoms with Gasteiger partial charge in [-0.25, -0.2) is 5.43 Å². The van der Waals surface area contributed by atoms with Crippen molar-refractivity contribution in [2.45, 2.75) is 19.3 Å². The van der Waals surface area contributed by atoms with Gasteiger partial charge in [-0.05, 0) is 42.5 Å². The van der Waals surface area contributed by atoms with E-state index in [-0.39, 0.29) is 11.8 Å². The van der Waals surface area contributed by atoms with Crippen LogP contribution >= 0.6 is 15.9 Å². The minimum absolute atomic E-state index is 0.00296. The molecule has 1 N–H and O–H groups in total. The Morgan fingerprint density at radius 2 is 1.95 bits per heavy atom. The number of rotatable bonds is 4. The summed E-state index contributed by atoms with van der Waals surface area (Å²) in [6, 6.07) is 18.0. The van der Waals surface area contributed by atoms with Gasteiger partial charge in [0.1, 0.15) is 0 Å². The minimum Gasteiger partial charge on any atom is -0.273 e. The van der Waals surface area contributed by atoms with Crippen LogP contribution in [0.4, 0.5) is 0 Å². The van der Waals surface area contributed by atoms with Crippen LogP contribution < -0.4 is 5.43 Å². The lowest BCUT2D eigenvalue weighted by atomic mass is 10.1. The van der Waals surface area contributed by atoms with Crippen LogP contribution in [0, 0.1) is 5.92 Å². The number of nitrogens with zero attached hydrogens (tertiary/aromatic N) is 1. The molecule has 0 saturated heterocycles. The molecule has 112 valence electrons. The normalized spacial score (nSPS) is 20.5. The van der Waals surface area contributed by atoms with Gasteiger partial charge in [0.15, 0.2) is 0 Å². The molecule has 1 aliphatic rings. The molecule has 1 saturated carbocycles. The van der Waals surface area contributed by atoms with Crippen LogP contribution in [0.15, 0.2) is 64.2 Å². The summed E-state index contributed by atoms with van der Waals surface area (Å²) in [4.78, 5) is 12.2. The van der Waals surface area contributed by atoms with E-state index in [4.69, 9.17) is 0 Å². The van der Waals surface area contributed by atoms with Gasteiger partial charge in [-0.15, -0.1) is 0 Å². The molecule has 2 aromatic carbocycles. The molecular formula is C18H17BrN2O. The van der Waals surface area contributed by atoms with Crippen LogP contribution in [0.2, 0.25) is 0 Å². The SMILES string of the molecule is C/C(=N\NC(=O)[C@@H]1C[C@H]1c1ccccc1)c1cccc(Br)c1.